The Morgan fingerprint density at radius 1 is 1.29 bits per heavy atom. The number of carboxylic acid groups (broad SMARTS) is 1. The van der Waals surface area contributed by atoms with E-state index in [-0.39, 0.29) is 5.92 Å². The van der Waals surface area contributed by atoms with E-state index < -0.39 is 12.0 Å². The van der Waals surface area contributed by atoms with Gasteiger partial charge in [0.1, 0.15) is 17.6 Å². The third-order valence-corrected chi connectivity index (χ3v) is 4.14. The summed E-state index contributed by atoms with van der Waals surface area (Å²) in [5, 5.41) is 12.6. The summed E-state index contributed by atoms with van der Waals surface area (Å²) in [7, 11) is 0. The van der Waals surface area contributed by atoms with Crippen molar-refractivity contribution in [3.63, 3.8) is 0 Å². The molecule has 1 aliphatic carbocycles. The maximum atomic E-state index is 11.6. The predicted octanol–water partition coefficient (Wildman–Crippen LogP) is 2.94. The molecule has 0 bridgehead atoms. The van der Waals surface area contributed by atoms with Gasteiger partial charge in [-0.05, 0) is 43.7 Å². The summed E-state index contributed by atoms with van der Waals surface area (Å²) < 4.78 is 0. The molecule has 24 heavy (non-hydrogen) atoms. The van der Waals surface area contributed by atoms with Crippen LogP contribution in [0.1, 0.15) is 37.9 Å². The van der Waals surface area contributed by atoms with Crippen molar-refractivity contribution >= 4 is 11.8 Å². The van der Waals surface area contributed by atoms with Crippen LogP contribution in [0.2, 0.25) is 0 Å². The summed E-state index contributed by atoms with van der Waals surface area (Å²) >= 11 is 0. The van der Waals surface area contributed by atoms with Crippen molar-refractivity contribution in [1.29, 1.82) is 0 Å². The number of nitrogens with one attached hydrogen (secondary N) is 1. The fourth-order valence-electron chi connectivity index (χ4n) is 3.02. The van der Waals surface area contributed by atoms with Crippen molar-refractivity contribution in [2.24, 2.45) is 5.92 Å². The second kappa shape index (κ2) is 6.95. The first kappa shape index (κ1) is 16.4. The van der Waals surface area contributed by atoms with Crippen LogP contribution < -0.4 is 5.32 Å². The van der Waals surface area contributed by atoms with Crippen molar-refractivity contribution in [1.82, 2.24) is 15.0 Å². The number of hydrogen-bond donors (Lipinski definition) is 2. The highest BCUT2D eigenvalue weighted by atomic mass is 16.4. The van der Waals surface area contributed by atoms with Crippen LogP contribution in [0.25, 0.3) is 11.5 Å². The van der Waals surface area contributed by atoms with Gasteiger partial charge in [-0.25, -0.2) is 14.8 Å². The molecule has 0 saturated heterocycles. The Labute approximate surface area is 141 Å². The van der Waals surface area contributed by atoms with Crippen LogP contribution in [0.4, 0.5) is 5.82 Å². The second-order valence-electron chi connectivity index (χ2n) is 6.55. The number of nitrogens with zero attached hydrogens (tertiary/aromatic N) is 3. The van der Waals surface area contributed by atoms with Gasteiger partial charge in [0.25, 0.3) is 0 Å². The number of hydrogen-bond acceptors (Lipinski definition) is 5. The van der Waals surface area contributed by atoms with Crippen molar-refractivity contribution in [2.45, 2.75) is 45.6 Å². The molecule has 1 unspecified atom stereocenters. The van der Waals surface area contributed by atoms with E-state index >= 15 is 0 Å². The Kier molecular flexibility index (Phi) is 4.74. The number of rotatable bonds is 6. The summed E-state index contributed by atoms with van der Waals surface area (Å²) in [5.74, 6) is 0.621. The smallest absolute Gasteiger partial charge is 0.326 e. The fraction of sp³-hybridized carbons (Fsp3) is 0.444. The largest absolute Gasteiger partial charge is 0.480 e. The molecule has 1 aliphatic rings. The van der Waals surface area contributed by atoms with Gasteiger partial charge in [0.2, 0.25) is 0 Å². The Morgan fingerprint density at radius 2 is 2.12 bits per heavy atom. The molecule has 126 valence electrons. The number of aliphatic carboxylic acids is 1. The highest BCUT2D eigenvalue weighted by molar-refractivity contribution is 5.77. The zero-order valence-corrected chi connectivity index (χ0v) is 14.0. The fourth-order valence-corrected chi connectivity index (χ4v) is 3.02. The number of pyridine rings is 1. The summed E-state index contributed by atoms with van der Waals surface area (Å²) in [6.07, 6.45) is 5.06. The Balaban J connectivity index is 1.97. The molecule has 3 rings (SSSR count). The lowest BCUT2D eigenvalue weighted by Crippen LogP contribution is -2.31. The SMILES string of the molecule is CC(C)CC(Nc1nc(-c2ccccn2)nc2c1CCC2)C(=O)O. The maximum Gasteiger partial charge on any atom is 0.326 e. The number of carbonyl (C=O) groups is 1. The van der Waals surface area contributed by atoms with E-state index in [4.69, 9.17) is 0 Å². The molecule has 0 saturated carbocycles. The van der Waals surface area contributed by atoms with E-state index in [1.807, 2.05) is 32.0 Å². The molecule has 2 aromatic rings. The van der Waals surface area contributed by atoms with E-state index in [0.717, 1.165) is 30.5 Å². The quantitative estimate of drug-likeness (QED) is 0.848. The van der Waals surface area contributed by atoms with Gasteiger partial charge in [0, 0.05) is 17.5 Å². The first-order chi connectivity index (χ1) is 11.5. The van der Waals surface area contributed by atoms with Crippen LogP contribution in [0, 0.1) is 5.92 Å². The van der Waals surface area contributed by atoms with Gasteiger partial charge in [-0.1, -0.05) is 19.9 Å². The first-order valence-electron chi connectivity index (χ1n) is 8.35. The minimum Gasteiger partial charge on any atom is -0.480 e. The van der Waals surface area contributed by atoms with Crippen molar-refractivity contribution in [2.75, 3.05) is 5.32 Å². The molecule has 2 heterocycles. The van der Waals surface area contributed by atoms with E-state index in [9.17, 15) is 9.90 Å². The average molecular weight is 326 g/mol. The maximum absolute atomic E-state index is 11.6. The molecule has 6 heteroatoms. The normalized spacial score (nSPS) is 14.5. The molecule has 0 spiro atoms. The van der Waals surface area contributed by atoms with E-state index in [2.05, 4.69) is 20.3 Å². The summed E-state index contributed by atoms with van der Waals surface area (Å²) in [4.78, 5) is 25.1. The highest BCUT2D eigenvalue weighted by Gasteiger charge is 2.25. The van der Waals surface area contributed by atoms with Gasteiger partial charge in [0.15, 0.2) is 5.82 Å². The minimum atomic E-state index is -0.853. The molecular formula is C18H22N4O2. The number of aryl methyl sites for hydroxylation is 1. The Hall–Kier alpha value is -2.50. The zero-order chi connectivity index (χ0) is 17.1. The van der Waals surface area contributed by atoms with Gasteiger partial charge in [-0.2, -0.15) is 0 Å². The van der Waals surface area contributed by atoms with Gasteiger partial charge >= 0.3 is 5.97 Å². The van der Waals surface area contributed by atoms with Gasteiger partial charge in [-0.3, -0.25) is 4.98 Å². The number of fused-ring (bicyclic) bond motifs is 1. The van der Waals surface area contributed by atoms with E-state index in [0.29, 0.717) is 23.8 Å². The minimum absolute atomic E-state index is 0.281. The van der Waals surface area contributed by atoms with Gasteiger partial charge in [0.05, 0.1) is 0 Å². The number of aromatic nitrogens is 3. The monoisotopic (exact) mass is 326 g/mol. The Morgan fingerprint density at radius 3 is 2.79 bits per heavy atom. The second-order valence-corrected chi connectivity index (χ2v) is 6.55. The molecule has 0 radical (unpaired) electrons. The van der Waals surface area contributed by atoms with E-state index in [1.54, 1.807) is 6.20 Å². The molecule has 0 aliphatic heterocycles. The molecule has 2 N–H and O–H groups in total. The van der Waals surface area contributed by atoms with Gasteiger partial charge in [-0.15, -0.1) is 0 Å². The lowest BCUT2D eigenvalue weighted by molar-refractivity contribution is -0.138. The standard InChI is InChI=1S/C18H22N4O2/c1-11(2)10-15(18(23)24)21-16-12-6-5-8-13(12)20-17(22-16)14-7-3-4-9-19-14/h3-4,7,9,11,15H,5-6,8,10H2,1-2H3,(H,23,24)(H,20,21,22). The summed E-state index contributed by atoms with van der Waals surface area (Å²) in [6.45, 7) is 4.03. The Bertz CT molecular complexity index is 731. The average Bonchev–Trinajstić information content (AvgIpc) is 3.03. The molecule has 0 fully saturated rings. The van der Waals surface area contributed by atoms with Crippen LogP contribution in [0.3, 0.4) is 0 Å². The van der Waals surface area contributed by atoms with Crippen LogP contribution in [0.5, 0.6) is 0 Å². The van der Waals surface area contributed by atoms with Crippen molar-refractivity contribution in [3.05, 3.63) is 35.7 Å². The van der Waals surface area contributed by atoms with Crippen LogP contribution in [-0.2, 0) is 17.6 Å². The third-order valence-electron chi connectivity index (χ3n) is 4.14. The molecular weight excluding hydrogens is 304 g/mol. The van der Waals surface area contributed by atoms with Gasteiger partial charge < -0.3 is 10.4 Å². The van der Waals surface area contributed by atoms with E-state index in [1.165, 1.54) is 0 Å². The molecule has 0 amide bonds. The number of carboxylic acids is 1. The van der Waals surface area contributed by atoms with Crippen molar-refractivity contribution < 1.29 is 9.90 Å². The summed E-state index contributed by atoms with van der Waals surface area (Å²) in [6, 6.07) is 4.95. The topological polar surface area (TPSA) is 88.0 Å². The molecule has 1 atom stereocenters. The lowest BCUT2D eigenvalue weighted by Gasteiger charge is -2.19. The summed E-state index contributed by atoms with van der Waals surface area (Å²) in [5.41, 5.74) is 2.75. The van der Waals surface area contributed by atoms with Crippen molar-refractivity contribution in [3.8, 4) is 11.5 Å². The van der Waals surface area contributed by atoms with Crippen LogP contribution in [-0.4, -0.2) is 32.1 Å². The molecule has 0 aromatic carbocycles. The molecule has 6 nitrogen and oxygen atoms in total. The third kappa shape index (κ3) is 3.53. The predicted molar refractivity (Wildman–Crippen MR) is 91.8 cm³/mol. The zero-order valence-electron chi connectivity index (χ0n) is 14.0. The first-order valence-corrected chi connectivity index (χ1v) is 8.35. The number of anilines is 1. The van der Waals surface area contributed by atoms with Crippen LogP contribution >= 0.6 is 0 Å². The highest BCUT2D eigenvalue weighted by Crippen LogP contribution is 2.29. The molecule has 2 aromatic heterocycles. The van der Waals surface area contributed by atoms with Crippen LogP contribution in [0.15, 0.2) is 24.4 Å². The lowest BCUT2D eigenvalue weighted by atomic mass is 10.0.